The van der Waals surface area contributed by atoms with Crippen molar-refractivity contribution in [1.29, 1.82) is 0 Å². The molecule has 0 bridgehead atoms. The average Bonchev–Trinajstić information content (AvgIpc) is 2.92. The number of pyridine rings is 1. The molecule has 0 saturated carbocycles. The molecule has 184 valence electrons. The maximum Gasteiger partial charge on any atom is 0.407 e. The van der Waals surface area contributed by atoms with Crippen LogP contribution < -0.4 is 0 Å². The van der Waals surface area contributed by atoms with Crippen LogP contribution in [0, 0.1) is 0 Å². The van der Waals surface area contributed by atoms with Crippen molar-refractivity contribution >= 4 is 16.9 Å². The Labute approximate surface area is 211 Å². The van der Waals surface area contributed by atoms with E-state index in [9.17, 15) is 9.90 Å². The molecule has 4 aromatic rings. The van der Waals surface area contributed by atoms with Gasteiger partial charge in [-0.25, -0.2) is 4.79 Å². The summed E-state index contributed by atoms with van der Waals surface area (Å²) in [6, 6.07) is 26.9. The number of rotatable bonds is 8. The summed E-state index contributed by atoms with van der Waals surface area (Å²) in [6.07, 6.45) is 3.18. The maximum absolute atomic E-state index is 11.7. The zero-order valence-electron chi connectivity index (χ0n) is 20.1. The molecular formula is C30H30N2O4. The van der Waals surface area contributed by atoms with Gasteiger partial charge in [0.25, 0.3) is 0 Å². The van der Waals surface area contributed by atoms with Crippen LogP contribution in [0.4, 0.5) is 4.79 Å². The Balaban J connectivity index is 1.24. The third-order valence-corrected chi connectivity index (χ3v) is 6.78. The highest BCUT2D eigenvalue weighted by Gasteiger charge is 2.33. The van der Waals surface area contributed by atoms with E-state index in [2.05, 4.69) is 59.6 Å². The van der Waals surface area contributed by atoms with Crippen molar-refractivity contribution in [1.82, 2.24) is 9.88 Å². The SMILES string of the molecule is O=C(O)N1CCC(c2ccc(COCc3cccnc3)cc2)C(OCc2ccc3ccccc3c2)C1. The zero-order chi connectivity index (χ0) is 24.7. The van der Waals surface area contributed by atoms with Gasteiger partial charge in [-0.2, -0.15) is 0 Å². The maximum atomic E-state index is 11.7. The first-order valence-electron chi connectivity index (χ1n) is 12.3. The number of nitrogens with zero attached hydrogens (tertiary/aromatic N) is 2. The van der Waals surface area contributed by atoms with Gasteiger partial charge in [-0.1, -0.05) is 66.7 Å². The van der Waals surface area contributed by atoms with Crippen LogP contribution in [0.25, 0.3) is 10.8 Å². The fourth-order valence-corrected chi connectivity index (χ4v) is 4.80. The van der Waals surface area contributed by atoms with Crippen LogP contribution in [-0.2, 0) is 29.3 Å². The molecule has 0 spiro atoms. The van der Waals surface area contributed by atoms with Crippen LogP contribution in [0.2, 0.25) is 0 Å². The fourth-order valence-electron chi connectivity index (χ4n) is 4.80. The lowest BCUT2D eigenvalue weighted by molar-refractivity contribution is -0.0199. The lowest BCUT2D eigenvalue weighted by atomic mass is 9.86. The molecule has 1 fully saturated rings. The van der Waals surface area contributed by atoms with Gasteiger partial charge < -0.3 is 19.5 Å². The molecule has 2 unspecified atom stereocenters. The van der Waals surface area contributed by atoms with E-state index in [1.54, 1.807) is 6.20 Å². The highest BCUT2D eigenvalue weighted by molar-refractivity contribution is 5.82. The van der Waals surface area contributed by atoms with Crippen LogP contribution in [0.5, 0.6) is 0 Å². The molecule has 2 atom stereocenters. The monoisotopic (exact) mass is 482 g/mol. The third kappa shape index (κ3) is 5.90. The predicted octanol–water partition coefficient (Wildman–Crippen LogP) is 6.00. The summed E-state index contributed by atoms with van der Waals surface area (Å²) in [5.41, 5.74) is 4.39. The first kappa shape index (κ1) is 24.0. The molecule has 1 saturated heterocycles. The number of piperidine rings is 1. The summed E-state index contributed by atoms with van der Waals surface area (Å²) in [5.74, 6) is 0.131. The van der Waals surface area contributed by atoms with Gasteiger partial charge in [0.2, 0.25) is 0 Å². The number of hydrogen-bond donors (Lipinski definition) is 1. The Morgan fingerprint density at radius 3 is 2.44 bits per heavy atom. The van der Waals surface area contributed by atoms with E-state index in [0.717, 1.165) is 23.1 Å². The molecule has 3 aromatic carbocycles. The summed E-state index contributed by atoms with van der Waals surface area (Å²) in [4.78, 5) is 17.2. The minimum atomic E-state index is -0.895. The van der Waals surface area contributed by atoms with Gasteiger partial charge in [0.15, 0.2) is 0 Å². The first-order valence-corrected chi connectivity index (χ1v) is 12.3. The van der Waals surface area contributed by atoms with Crippen molar-refractivity contribution in [3.63, 3.8) is 0 Å². The molecule has 1 aromatic heterocycles. The number of carboxylic acid groups (broad SMARTS) is 1. The van der Waals surface area contributed by atoms with E-state index < -0.39 is 6.09 Å². The lowest BCUT2D eigenvalue weighted by Crippen LogP contribution is -2.46. The molecule has 1 aliphatic rings. The minimum Gasteiger partial charge on any atom is -0.465 e. The topological polar surface area (TPSA) is 71.9 Å². The molecule has 2 heterocycles. The Morgan fingerprint density at radius 1 is 0.889 bits per heavy atom. The second-order valence-corrected chi connectivity index (χ2v) is 9.25. The molecule has 5 rings (SSSR count). The van der Waals surface area contributed by atoms with Gasteiger partial charge >= 0.3 is 6.09 Å². The number of hydrogen-bond acceptors (Lipinski definition) is 4. The second kappa shape index (κ2) is 11.3. The molecule has 0 aliphatic carbocycles. The van der Waals surface area contributed by atoms with Crippen LogP contribution >= 0.6 is 0 Å². The van der Waals surface area contributed by atoms with E-state index in [1.165, 1.54) is 21.2 Å². The summed E-state index contributed by atoms with van der Waals surface area (Å²) < 4.78 is 12.2. The van der Waals surface area contributed by atoms with Crippen molar-refractivity contribution in [2.75, 3.05) is 13.1 Å². The molecule has 1 amide bonds. The molecule has 6 heteroatoms. The van der Waals surface area contributed by atoms with Gasteiger partial charge in [-0.05, 0) is 51.6 Å². The number of carbonyl (C=O) groups is 1. The lowest BCUT2D eigenvalue weighted by Gasteiger charge is -2.37. The summed E-state index contributed by atoms with van der Waals surface area (Å²) in [7, 11) is 0. The summed E-state index contributed by atoms with van der Waals surface area (Å²) in [5, 5.41) is 11.9. The zero-order valence-corrected chi connectivity index (χ0v) is 20.1. The van der Waals surface area contributed by atoms with Crippen LogP contribution in [-0.4, -0.2) is 40.3 Å². The van der Waals surface area contributed by atoms with Gasteiger partial charge in [-0.15, -0.1) is 0 Å². The number of amides is 1. The van der Waals surface area contributed by atoms with Gasteiger partial charge in [-0.3, -0.25) is 4.98 Å². The molecule has 0 radical (unpaired) electrons. The molecule has 6 nitrogen and oxygen atoms in total. The Morgan fingerprint density at radius 2 is 1.67 bits per heavy atom. The Hall–Kier alpha value is -3.74. The summed E-state index contributed by atoms with van der Waals surface area (Å²) >= 11 is 0. The van der Waals surface area contributed by atoms with E-state index in [4.69, 9.17) is 9.47 Å². The number of aromatic nitrogens is 1. The van der Waals surface area contributed by atoms with Gasteiger partial charge in [0.05, 0.1) is 32.5 Å². The second-order valence-electron chi connectivity index (χ2n) is 9.25. The van der Waals surface area contributed by atoms with E-state index in [-0.39, 0.29) is 12.0 Å². The highest BCUT2D eigenvalue weighted by atomic mass is 16.5. The number of benzene rings is 3. The Bertz CT molecular complexity index is 1290. The van der Waals surface area contributed by atoms with Crippen molar-refractivity contribution in [3.05, 3.63) is 114 Å². The van der Waals surface area contributed by atoms with Crippen molar-refractivity contribution in [2.24, 2.45) is 0 Å². The van der Waals surface area contributed by atoms with Crippen molar-refractivity contribution < 1.29 is 19.4 Å². The highest BCUT2D eigenvalue weighted by Crippen LogP contribution is 2.32. The van der Waals surface area contributed by atoms with Gasteiger partial charge in [0, 0.05) is 24.9 Å². The number of ether oxygens (including phenoxy) is 2. The van der Waals surface area contributed by atoms with E-state index in [1.807, 2.05) is 30.5 Å². The molecule has 1 N–H and O–H groups in total. The molecule has 1 aliphatic heterocycles. The predicted molar refractivity (Wildman–Crippen MR) is 139 cm³/mol. The fraction of sp³-hybridized carbons (Fsp3) is 0.267. The minimum absolute atomic E-state index is 0.131. The van der Waals surface area contributed by atoms with Crippen LogP contribution in [0.15, 0.2) is 91.3 Å². The van der Waals surface area contributed by atoms with E-state index in [0.29, 0.717) is 32.9 Å². The summed E-state index contributed by atoms with van der Waals surface area (Å²) in [6.45, 7) is 2.36. The van der Waals surface area contributed by atoms with Crippen molar-refractivity contribution in [2.45, 2.75) is 38.3 Å². The number of fused-ring (bicyclic) bond motifs is 1. The first-order chi connectivity index (χ1) is 17.7. The quantitative estimate of drug-likeness (QED) is 0.333. The van der Waals surface area contributed by atoms with Crippen molar-refractivity contribution in [3.8, 4) is 0 Å². The normalized spacial score (nSPS) is 17.8. The third-order valence-electron chi connectivity index (χ3n) is 6.78. The van der Waals surface area contributed by atoms with E-state index >= 15 is 0 Å². The number of likely N-dealkylation sites (tertiary alicyclic amines) is 1. The Kier molecular flexibility index (Phi) is 7.55. The smallest absolute Gasteiger partial charge is 0.407 e. The van der Waals surface area contributed by atoms with Gasteiger partial charge in [0.1, 0.15) is 0 Å². The average molecular weight is 483 g/mol. The molecular weight excluding hydrogens is 452 g/mol. The standard InChI is InChI=1S/C30H30N2O4/c33-30(34)32-15-13-28(26-11-7-22(8-12-26)19-35-20-24-4-3-14-31-17-24)29(18-32)36-21-23-9-10-25-5-1-2-6-27(25)16-23/h1-12,14,16-17,28-29H,13,15,18-21H2,(H,33,34). The van der Waals surface area contributed by atoms with Crippen LogP contribution in [0.1, 0.15) is 34.6 Å². The largest absolute Gasteiger partial charge is 0.465 e. The molecule has 36 heavy (non-hydrogen) atoms. The van der Waals surface area contributed by atoms with Crippen LogP contribution in [0.3, 0.4) is 0 Å².